The molecule has 36 heavy (non-hydrogen) atoms. The van der Waals surface area contributed by atoms with Crippen LogP contribution in [0.5, 0.6) is 11.5 Å². The highest BCUT2D eigenvalue weighted by molar-refractivity contribution is 8.04. The summed E-state index contributed by atoms with van der Waals surface area (Å²) in [7, 11) is 3.07. The Bertz CT molecular complexity index is 1450. The van der Waals surface area contributed by atoms with E-state index in [2.05, 4.69) is 15.2 Å². The molecule has 0 atom stereocenters. The van der Waals surface area contributed by atoms with Gasteiger partial charge in [-0.2, -0.15) is 0 Å². The second-order valence-electron chi connectivity index (χ2n) is 7.47. The Balaban J connectivity index is 1.59. The largest absolute Gasteiger partial charge is 0.497 e. The van der Waals surface area contributed by atoms with Crippen LogP contribution in [0.25, 0.3) is 28.8 Å². The maximum Gasteiger partial charge on any atom is 0.342 e. The third-order valence-electron chi connectivity index (χ3n) is 5.23. The number of hydrogen-bond donors (Lipinski definition) is 3. The molecule has 4 aromatic rings. The van der Waals surface area contributed by atoms with E-state index in [0.29, 0.717) is 39.8 Å². The van der Waals surface area contributed by atoms with Gasteiger partial charge >= 0.3 is 11.9 Å². The molecule has 0 radical (unpaired) electrons. The number of methoxy groups -OCH3 is 2. The van der Waals surface area contributed by atoms with Crippen molar-refractivity contribution >= 4 is 29.8 Å². The first kappa shape index (κ1) is 24.6. The highest BCUT2D eigenvalue weighted by atomic mass is 32.2. The normalized spacial score (nSPS) is 11.4. The number of rotatable bonds is 9. The Kier molecular flexibility index (Phi) is 7.11. The third-order valence-corrected chi connectivity index (χ3v) is 6.11. The lowest BCUT2D eigenvalue weighted by molar-refractivity contribution is -0.131. The minimum absolute atomic E-state index is 0.0688. The fourth-order valence-electron chi connectivity index (χ4n) is 3.44. The number of aromatic carboxylic acids is 1. The average molecular weight is 508 g/mol. The molecule has 0 aliphatic carbocycles. The van der Waals surface area contributed by atoms with Crippen molar-refractivity contribution in [3.63, 3.8) is 0 Å². The molecule has 0 spiro atoms. The molecule has 3 N–H and O–H groups in total. The summed E-state index contributed by atoms with van der Waals surface area (Å²) in [5, 5.41) is 26.2. The van der Waals surface area contributed by atoms with Gasteiger partial charge in [-0.1, -0.05) is 12.1 Å². The van der Waals surface area contributed by atoms with Gasteiger partial charge in [-0.15, -0.1) is 5.10 Å². The SMILES string of the molecule is COc1cc(OC)cc(-c2nc(S/C(=C\c3ccc(-c4cccc(C(=O)O)c4C)o3)C(=O)O)n[nH]2)c1. The first-order valence-electron chi connectivity index (χ1n) is 10.5. The maximum atomic E-state index is 11.9. The minimum Gasteiger partial charge on any atom is -0.497 e. The van der Waals surface area contributed by atoms with Crippen molar-refractivity contribution in [2.75, 3.05) is 14.2 Å². The molecule has 0 fully saturated rings. The average Bonchev–Trinajstić information content (AvgIpc) is 3.53. The molecule has 2 aromatic carbocycles. The molecule has 0 unspecified atom stereocenters. The fraction of sp³-hybridized carbons (Fsp3) is 0.120. The van der Waals surface area contributed by atoms with Crippen LogP contribution in [0.2, 0.25) is 0 Å². The topological polar surface area (TPSA) is 148 Å². The number of furan rings is 1. The zero-order valence-corrected chi connectivity index (χ0v) is 20.3. The number of nitrogens with one attached hydrogen (secondary N) is 1. The van der Waals surface area contributed by atoms with Gasteiger partial charge < -0.3 is 24.1 Å². The number of thioether (sulfide) groups is 1. The van der Waals surface area contributed by atoms with Gasteiger partial charge in [-0.25, -0.2) is 14.6 Å². The molecular formula is C25H21N3O7S. The zero-order chi connectivity index (χ0) is 25.8. The van der Waals surface area contributed by atoms with Crippen molar-refractivity contribution in [2.24, 2.45) is 0 Å². The highest BCUT2D eigenvalue weighted by Gasteiger charge is 2.18. The van der Waals surface area contributed by atoms with Crippen molar-refractivity contribution in [3.8, 4) is 34.2 Å². The van der Waals surface area contributed by atoms with Crippen LogP contribution >= 0.6 is 11.8 Å². The van der Waals surface area contributed by atoms with Crippen LogP contribution in [0.15, 0.2) is 63.0 Å². The molecule has 0 saturated heterocycles. The summed E-state index contributed by atoms with van der Waals surface area (Å²) in [6.07, 6.45) is 1.36. The standard InChI is InChI=1S/C25H21N3O7S/c1-13-18(5-4-6-19(13)23(29)30)20-8-7-15(35-20)12-21(24(31)32)36-25-26-22(27-28-25)14-9-16(33-2)11-17(10-14)34-3/h4-12H,1-3H3,(H,29,30)(H,31,32)(H,26,27,28)/b21-12-. The van der Waals surface area contributed by atoms with Crippen LogP contribution in [0.1, 0.15) is 21.7 Å². The third kappa shape index (κ3) is 5.26. The Labute approximate surface area is 209 Å². The summed E-state index contributed by atoms with van der Waals surface area (Å²) in [6.45, 7) is 1.69. The number of H-pyrrole nitrogens is 1. The number of aromatic amines is 1. The zero-order valence-electron chi connectivity index (χ0n) is 19.4. The van der Waals surface area contributed by atoms with E-state index in [4.69, 9.17) is 13.9 Å². The first-order chi connectivity index (χ1) is 17.3. The Morgan fingerprint density at radius 3 is 2.42 bits per heavy atom. The number of aromatic nitrogens is 3. The predicted octanol–water partition coefficient (Wildman–Crippen LogP) is 4.97. The predicted molar refractivity (Wildman–Crippen MR) is 132 cm³/mol. The first-order valence-corrected chi connectivity index (χ1v) is 11.3. The van der Waals surface area contributed by atoms with Gasteiger partial charge in [0.1, 0.15) is 27.9 Å². The van der Waals surface area contributed by atoms with Crippen LogP contribution in [0, 0.1) is 6.92 Å². The van der Waals surface area contributed by atoms with E-state index in [9.17, 15) is 19.8 Å². The van der Waals surface area contributed by atoms with E-state index in [1.165, 1.54) is 26.4 Å². The number of hydrogen-bond acceptors (Lipinski definition) is 8. The van der Waals surface area contributed by atoms with Crippen molar-refractivity contribution in [1.29, 1.82) is 0 Å². The second kappa shape index (κ2) is 10.4. The van der Waals surface area contributed by atoms with Crippen LogP contribution < -0.4 is 9.47 Å². The molecule has 0 saturated carbocycles. The van der Waals surface area contributed by atoms with Crippen molar-refractivity contribution < 1.29 is 33.7 Å². The Morgan fingerprint density at radius 2 is 1.78 bits per heavy atom. The van der Waals surface area contributed by atoms with Crippen molar-refractivity contribution in [1.82, 2.24) is 15.2 Å². The number of carboxylic acids is 2. The molecule has 184 valence electrons. The van der Waals surface area contributed by atoms with Gasteiger partial charge in [0.15, 0.2) is 5.82 Å². The van der Waals surface area contributed by atoms with Gasteiger partial charge in [0, 0.05) is 23.3 Å². The number of benzene rings is 2. The van der Waals surface area contributed by atoms with Gasteiger partial charge in [0.05, 0.1) is 19.8 Å². The molecule has 0 amide bonds. The molecule has 4 rings (SSSR count). The molecule has 2 heterocycles. The molecule has 10 nitrogen and oxygen atoms in total. The quantitative estimate of drug-likeness (QED) is 0.209. The van der Waals surface area contributed by atoms with Crippen molar-refractivity contribution in [3.05, 3.63) is 70.3 Å². The van der Waals surface area contributed by atoms with Gasteiger partial charge in [0.2, 0.25) is 5.16 Å². The van der Waals surface area contributed by atoms with Gasteiger partial charge in [-0.3, -0.25) is 5.10 Å². The van der Waals surface area contributed by atoms with Crippen LogP contribution in [0.4, 0.5) is 0 Å². The van der Waals surface area contributed by atoms with Crippen LogP contribution in [0.3, 0.4) is 0 Å². The van der Waals surface area contributed by atoms with Crippen LogP contribution in [-0.2, 0) is 4.79 Å². The van der Waals surface area contributed by atoms with Crippen molar-refractivity contribution in [2.45, 2.75) is 12.1 Å². The summed E-state index contributed by atoms with van der Waals surface area (Å²) in [6, 6.07) is 13.4. The van der Waals surface area contributed by atoms with E-state index in [0.717, 1.165) is 11.8 Å². The van der Waals surface area contributed by atoms with E-state index in [1.54, 1.807) is 49.4 Å². The minimum atomic E-state index is -1.18. The molecule has 0 bridgehead atoms. The number of ether oxygens (including phenoxy) is 2. The van der Waals surface area contributed by atoms with Gasteiger partial charge in [-0.05, 0) is 54.6 Å². The van der Waals surface area contributed by atoms with E-state index in [1.807, 2.05) is 0 Å². The smallest absolute Gasteiger partial charge is 0.342 e. The lowest BCUT2D eigenvalue weighted by Gasteiger charge is -2.06. The maximum absolute atomic E-state index is 11.9. The van der Waals surface area contributed by atoms with E-state index < -0.39 is 11.9 Å². The monoisotopic (exact) mass is 507 g/mol. The Hall–Kier alpha value is -4.51. The molecule has 0 aliphatic heterocycles. The van der Waals surface area contributed by atoms with E-state index >= 15 is 0 Å². The summed E-state index contributed by atoms with van der Waals surface area (Å²) in [5.74, 6) is 0.0264. The number of aliphatic carboxylic acids is 1. The second-order valence-corrected chi connectivity index (χ2v) is 8.48. The highest BCUT2D eigenvalue weighted by Crippen LogP contribution is 2.33. The lowest BCUT2D eigenvalue weighted by Crippen LogP contribution is -2.00. The van der Waals surface area contributed by atoms with E-state index in [-0.39, 0.29) is 21.4 Å². The number of nitrogens with zero attached hydrogens (tertiary/aromatic N) is 2. The Morgan fingerprint density at radius 1 is 1.06 bits per heavy atom. The summed E-state index contributed by atoms with van der Waals surface area (Å²) >= 11 is 0.850. The summed E-state index contributed by atoms with van der Waals surface area (Å²) < 4.78 is 16.4. The molecule has 11 heteroatoms. The fourth-order valence-corrected chi connectivity index (χ4v) is 4.12. The number of carbonyl (C=O) groups is 2. The summed E-state index contributed by atoms with van der Waals surface area (Å²) in [5.41, 5.74) is 1.97. The molecular weight excluding hydrogens is 486 g/mol. The summed E-state index contributed by atoms with van der Waals surface area (Å²) in [4.78, 5) is 27.6. The molecule has 0 aliphatic rings. The lowest BCUT2D eigenvalue weighted by atomic mass is 10.0. The number of carboxylic acid groups (broad SMARTS) is 2. The molecule has 2 aromatic heterocycles. The van der Waals surface area contributed by atoms with Gasteiger partial charge in [0.25, 0.3) is 0 Å². The van der Waals surface area contributed by atoms with Crippen LogP contribution in [-0.4, -0.2) is 51.6 Å².